The number of benzene rings is 2. The van der Waals surface area contributed by atoms with Crippen molar-refractivity contribution in [2.24, 2.45) is 0 Å². The summed E-state index contributed by atoms with van der Waals surface area (Å²) < 4.78 is 0. The van der Waals surface area contributed by atoms with E-state index in [0.717, 1.165) is 0 Å². The number of carbonyl (C=O) groups excluding carboxylic acids is 2. The lowest BCUT2D eigenvalue weighted by molar-refractivity contribution is -0.116. The molecule has 3 aromatic rings. The van der Waals surface area contributed by atoms with Gasteiger partial charge in [0.05, 0.1) is 15.7 Å². The second-order valence-corrected chi connectivity index (χ2v) is 6.31. The van der Waals surface area contributed by atoms with Crippen LogP contribution in [0.5, 0.6) is 0 Å². The zero-order valence-corrected chi connectivity index (χ0v) is 15.3. The number of likely N-dealkylation sites (N-methyl/N-ethyl adjacent to an activating group) is 1. The van der Waals surface area contributed by atoms with Crippen LogP contribution in [0.25, 0.3) is 11.0 Å². The first kappa shape index (κ1) is 18.2. The lowest BCUT2D eigenvalue weighted by atomic mass is 10.1. The Labute approximate surface area is 159 Å². The molecule has 134 valence electrons. The molecular formula is C17H15Cl2N5O2. The summed E-state index contributed by atoms with van der Waals surface area (Å²) in [5.74, 6) is -0.671. The van der Waals surface area contributed by atoms with Crippen molar-refractivity contribution in [3.05, 3.63) is 52.0 Å². The van der Waals surface area contributed by atoms with E-state index >= 15 is 0 Å². The highest BCUT2D eigenvalue weighted by Crippen LogP contribution is 2.29. The van der Waals surface area contributed by atoms with Gasteiger partial charge in [-0.25, -0.2) is 0 Å². The van der Waals surface area contributed by atoms with Crippen LogP contribution < -0.4 is 5.32 Å². The van der Waals surface area contributed by atoms with Gasteiger partial charge in [0.25, 0.3) is 5.91 Å². The summed E-state index contributed by atoms with van der Waals surface area (Å²) in [6.07, 6.45) is 0. The fourth-order valence-corrected chi connectivity index (χ4v) is 2.94. The Balaban J connectivity index is 1.73. The number of carbonyl (C=O) groups is 2. The van der Waals surface area contributed by atoms with Gasteiger partial charge in [0.15, 0.2) is 0 Å². The van der Waals surface area contributed by atoms with E-state index in [2.05, 4.69) is 20.7 Å². The largest absolute Gasteiger partial charge is 0.330 e. The molecule has 7 nitrogen and oxygen atoms in total. The van der Waals surface area contributed by atoms with Crippen molar-refractivity contribution >= 4 is 51.7 Å². The number of anilines is 1. The predicted molar refractivity (Wildman–Crippen MR) is 101 cm³/mol. The van der Waals surface area contributed by atoms with Gasteiger partial charge in [-0.1, -0.05) is 29.3 Å². The van der Waals surface area contributed by atoms with Gasteiger partial charge in [0, 0.05) is 12.1 Å². The summed E-state index contributed by atoms with van der Waals surface area (Å²) in [6.45, 7) is 2.02. The molecule has 0 spiro atoms. The molecule has 0 saturated carbocycles. The van der Waals surface area contributed by atoms with Crippen molar-refractivity contribution in [3.63, 3.8) is 0 Å². The highest BCUT2D eigenvalue weighted by Gasteiger charge is 2.19. The molecule has 0 aliphatic rings. The second-order valence-electron chi connectivity index (χ2n) is 5.49. The van der Waals surface area contributed by atoms with E-state index < -0.39 is 5.91 Å². The number of rotatable bonds is 5. The lowest BCUT2D eigenvalue weighted by Gasteiger charge is -2.21. The van der Waals surface area contributed by atoms with Crippen molar-refractivity contribution in [2.75, 3.05) is 18.4 Å². The third-order valence-electron chi connectivity index (χ3n) is 3.79. The van der Waals surface area contributed by atoms with Crippen molar-refractivity contribution in [2.45, 2.75) is 6.92 Å². The molecule has 1 heterocycles. The lowest BCUT2D eigenvalue weighted by Crippen LogP contribution is -2.37. The van der Waals surface area contributed by atoms with Crippen LogP contribution in [0.2, 0.25) is 10.0 Å². The van der Waals surface area contributed by atoms with Crippen LogP contribution in [0.3, 0.4) is 0 Å². The fraction of sp³-hybridized carbons (Fsp3) is 0.176. The number of fused-ring (bicyclic) bond motifs is 1. The van der Waals surface area contributed by atoms with E-state index in [0.29, 0.717) is 38.9 Å². The van der Waals surface area contributed by atoms with Gasteiger partial charge in [-0.15, -0.1) is 0 Å². The van der Waals surface area contributed by atoms with Gasteiger partial charge >= 0.3 is 0 Å². The van der Waals surface area contributed by atoms with Crippen LogP contribution >= 0.6 is 23.2 Å². The average Bonchev–Trinajstić information content (AvgIpc) is 3.10. The summed E-state index contributed by atoms with van der Waals surface area (Å²) in [7, 11) is 0. The molecular weight excluding hydrogens is 377 g/mol. The maximum absolute atomic E-state index is 12.7. The Morgan fingerprint density at radius 3 is 2.50 bits per heavy atom. The predicted octanol–water partition coefficient (Wildman–Crippen LogP) is 3.37. The molecule has 0 bridgehead atoms. The Morgan fingerprint density at radius 1 is 1.12 bits per heavy atom. The molecule has 0 fully saturated rings. The van der Waals surface area contributed by atoms with Crippen molar-refractivity contribution in [1.82, 2.24) is 20.3 Å². The SMILES string of the molecule is CCN(CC(=O)Nc1c(Cl)cccc1Cl)C(=O)c1ccc2n[nH]nc2c1. The van der Waals surface area contributed by atoms with Gasteiger partial charge < -0.3 is 10.2 Å². The fourth-order valence-electron chi connectivity index (χ4n) is 2.45. The minimum absolute atomic E-state index is 0.131. The molecule has 0 unspecified atom stereocenters. The average molecular weight is 392 g/mol. The molecule has 9 heteroatoms. The Kier molecular flexibility index (Phi) is 5.39. The van der Waals surface area contributed by atoms with Crippen LogP contribution in [-0.2, 0) is 4.79 Å². The summed E-state index contributed by atoms with van der Waals surface area (Å²) in [4.78, 5) is 26.5. The third kappa shape index (κ3) is 3.79. The van der Waals surface area contributed by atoms with E-state index in [-0.39, 0.29) is 12.5 Å². The topological polar surface area (TPSA) is 91.0 Å². The number of amides is 2. The number of aromatic nitrogens is 3. The van der Waals surface area contributed by atoms with Crippen LogP contribution in [0.1, 0.15) is 17.3 Å². The number of halogens is 2. The van der Waals surface area contributed by atoms with Crippen LogP contribution in [0.4, 0.5) is 5.69 Å². The molecule has 0 saturated heterocycles. The van der Waals surface area contributed by atoms with Crippen molar-refractivity contribution in [1.29, 1.82) is 0 Å². The van der Waals surface area contributed by atoms with E-state index in [1.54, 1.807) is 43.3 Å². The van der Waals surface area contributed by atoms with Crippen molar-refractivity contribution in [3.8, 4) is 0 Å². The summed E-state index contributed by atoms with van der Waals surface area (Å²) in [5.41, 5.74) is 2.00. The minimum Gasteiger partial charge on any atom is -0.330 e. The quantitative estimate of drug-likeness (QED) is 0.697. The van der Waals surface area contributed by atoms with Gasteiger partial charge in [-0.05, 0) is 37.3 Å². The number of nitrogens with one attached hydrogen (secondary N) is 2. The highest BCUT2D eigenvalue weighted by molar-refractivity contribution is 6.39. The number of aromatic amines is 1. The molecule has 2 N–H and O–H groups in total. The number of para-hydroxylation sites is 1. The third-order valence-corrected chi connectivity index (χ3v) is 4.42. The van der Waals surface area contributed by atoms with Crippen molar-refractivity contribution < 1.29 is 9.59 Å². The molecule has 3 rings (SSSR count). The highest BCUT2D eigenvalue weighted by atomic mass is 35.5. The first-order chi connectivity index (χ1) is 12.5. The zero-order valence-electron chi connectivity index (χ0n) is 13.8. The minimum atomic E-state index is -0.391. The molecule has 0 aliphatic heterocycles. The summed E-state index contributed by atoms with van der Waals surface area (Å²) in [6, 6.07) is 9.91. The first-order valence-corrected chi connectivity index (χ1v) is 8.59. The van der Waals surface area contributed by atoms with E-state index in [4.69, 9.17) is 23.2 Å². The number of hydrogen-bond donors (Lipinski definition) is 2. The summed E-state index contributed by atoms with van der Waals surface area (Å²) >= 11 is 12.1. The maximum atomic E-state index is 12.7. The number of H-pyrrole nitrogens is 1. The Bertz CT molecular complexity index is 952. The van der Waals surface area contributed by atoms with Gasteiger partial charge in [-0.3, -0.25) is 9.59 Å². The molecule has 1 aromatic heterocycles. The normalized spacial score (nSPS) is 10.7. The van der Waals surface area contributed by atoms with Gasteiger partial charge in [0.2, 0.25) is 5.91 Å². The Hall–Kier alpha value is -2.64. The smallest absolute Gasteiger partial charge is 0.254 e. The van der Waals surface area contributed by atoms with Crippen LogP contribution in [0.15, 0.2) is 36.4 Å². The molecule has 26 heavy (non-hydrogen) atoms. The molecule has 0 aliphatic carbocycles. The van der Waals surface area contributed by atoms with Crippen LogP contribution in [0, 0.1) is 0 Å². The van der Waals surface area contributed by atoms with Crippen LogP contribution in [-0.4, -0.2) is 45.2 Å². The maximum Gasteiger partial charge on any atom is 0.254 e. The Morgan fingerprint density at radius 2 is 1.81 bits per heavy atom. The summed E-state index contributed by atoms with van der Waals surface area (Å²) in [5, 5.41) is 13.7. The molecule has 0 radical (unpaired) electrons. The molecule has 0 atom stereocenters. The number of nitrogens with zero attached hydrogens (tertiary/aromatic N) is 3. The zero-order chi connectivity index (χ0) is 18.7. The van der Waals surface area contributed by atoms with Gasteiger partial charge in [0.1, 0.15) is 17.6 Å². The standard InChI is InChI=1S/C17H15Cl2N5O2/c1-2-24(9-15(25)20-16-11(18)4-3-5-12(16)19)17(26)10-6-7-13-14(8-10)22-23-21-13/h3-8H,2,9H2,1H3,(H,20,25)(H,21,22,23). The number of hydrogen-bond acceptors (Lipinski definition) is 4. The van der Waals surface area contributed by atoms with E-state index in [9.17, 15) is 9.59 Å². The monoisotopic (exact) mass is 391 g/mol. The molecule has 2 aromatic carbocycles. The van der Waals surface area contributed by atoms with E-state index in [1.807, 2.05) is 0 Å². The first-order valence-electron chi connectivity index (χ1n) is 7.83. The van der Waals surface area contributed by atoms with E-state index in [1.165, 1.54) is 4.90 Å². The van der Waals surface area contributed by atoms with Gasteiger partial charge in [-0.2, -0.15) is 15.4 Å². The molecule has 2 amide bonds. The second kappa shape index (κ2) is 7.72.